The van der Waals surface area contributed by atoms with Gasteiger partial charge in [-0.05, 0) is 6.92 Å². The number of aliphatic hydroxyl groups excluding tert-OH is 1. The molecule has 0 amide bonds. The molecule has 0 aliphatic rings. The summed E-state index contributed by atoms with van der Waals surface area (Å²) < 4.78 is 1.62. The third-order valence-electron chi connectivity index (χ3n) is 1.22. The standard InChI is InChI=1S/C6H12N4O/c1-5(7)2-10-3-6(4-11)8-9-10/h3,5,11H,2,4,7H2,1H3/t5-/m0/s1. The second-order valence-electron chi connectivity index (χ2n) is 2.57. The van der Waals surface area contributed by atoms with Gasteiger partial charge in [-0.3, -0.25) is 4.68 Å². The Morgan fingerprint density at radius 3 is 3.00 bits per heavy atom. The minimum atomic E-state index is -0.0705. The molecule has 0 aliphatic carbocycles. The van der Waals surface area contributed by atoms with Crippen LogP contribution in [0.25, 0.3) is 0 Å². The molecule has 0 aliphatic heterocycles. The SMILES string of the molecule is C[C@H](N)Cn1cc(CO)nn1. The van der Waals surface area contributed by atoms with Gasteiger partial charge in [-0.1, -0.05) is 5.21 Å². The molecule has 1 aromatic rings. The highest BCUT2D eigenvalue weighted by Gasteiger charge is 2.00. The molecular formula is C6H12N4O. The van der Waals surface area contributed by atoms with Crippen molar-refractivity contribution >= 4 is 0 Å². The largest absolute Gasteiger partial charge is 0.390 e. The third-order valence-corrected chi connectivity index (χ3v) is 1.22. The van der Waals surface area contributed by atoms with Gasteiger partial charge in [0.1, 0.15) is 5.69 Å². The molecule has 1 rings (SSSR count). The Kier molecular flexibility index (Phi) is 2.56. The van der Waals surface area contributed by atoms with Crippen LogP contribution >= 0.6 is 0 Å². The monoisotopic (exact) mass is 156 g/mol. The number of hydrogen-bond acceptors (Lipinski definition) is 4. The number of hydrogen-bond donors (Lipinski definition) is 2. The molecule has 0 aromatic carbocycles. The first-order valence-corrected chi connectivity index (χ1v) is 3.48. The van der Waals surface area contributed by atoms with Gasteiger partial charge in [-0.25, -0.2) is 0 Å². The molecule has 5 nitrogen and oxygen atoms in total. The van der Waals surface area contributed by atoms with E-state index in [9.17, 15) is 0 Å². The molecule has 0 bridgehead atoms. The Morgan fingerprint density at radius 2 is 2.55 bits per heavy atom. The van der Waals surface area contributed by atoms with Crippen LogP contribution < -0.4 is 5.73 Å². The van der Waals surface area contributed by atoms with Crippen molar-refractivity contribution in [3.63, 3.8) is 0 Å². The molecule has 0 fully saturated rings. The summed E-state index contributed by atoms with van der Waals surface area (Å²) in [4.78, 5) is 0. The van der Waals surface area contributed by atoms with E-state index in [4.69, 9.17) is 10.8 Å². The molecule has 0 unspecified atom stereocenters. The van der Waals surface area contributed by atoms with Gasteiger partial charge in [-0.2, -0.15) is 0 Å². The minimum Gasteiger partial charge on any atom is -0.390 e. The van der Waals surface area contributed by atoms with Crippen LogP contribution in [0.4, 0.5) is 0 Å². The lowest BCUT2D eigenvalue weighted by Gasteiger charge is -2.01. The fourth-order valence-corrected chi connectivity index (χ4v) is 0.795. The summed E-state index contributed by atoms with van der Waals surface area (Å²) in [5.41, 5.74) is 6.10. The summed E-state index contributed by atoms with van der Waals surface area (Å²) in [5, 5.41) is 16.1. The van der Waals surface area contributed by atoms with E-state index in [0.717, 1.165) is 0 Å². The summed E-state index contributed by atoms with van der Waals surface area (Å²) in [7, 11) is 0. The summed E-state index contributed by atoms with van der Waals surface area (Å²) in [5.74, 6) is 0. The fraction of sp³-hybridized carbons (Fsp3) is 0.667. The highest BCUT2D eigenvalue weighted by molar-refractivity contribution is 4.89. The van der Waals surface area contributed by atoms with Crippen molar-refractivity contribution in [2.45, 2.75) is 26.1 Å². The van der Waals surface area contributed by atoms with Gasteiger partial charge in [0.2, 0.25) is 0 Å². The summed E-state index contributed by atoms with van der Waals surface area (Å²) in [6, 6.07) is 0.0586. The van der Waals surface area contributed by atoms with E-state index in [0.29, 0.717) is 12.2 Å². The van der Waals surface area contributed by atoms with Crippen LogP contribution in [-0.4, -0.2) is 26.1 Å². The lowest BCUT2D eigenvalue weighted by molar-refractivity contribution is 0.276. The third kappa shape index (κ3) is 2.28. The maximum absolute atomic E-state index is 8.64. The van der Waals surface area contributed by atoms with Crippen LogP contribution in [0.3, 0.4) is 0 Å². The van der Waals surface area contributed by atoms with Crippen molar-refractivity contribution in [2.24, 2.45) is 5.73 Å². The van der Waals surface area contributed by atoms with E-state index < -0.39 is 0 Å². The van der Waals surface area contributed by atoms with E-state index in [1.165, 1.54) is 0 Å². The topological polar surface area (TPSA) is 77.0 Å². The average Bonchev–Trinajstić information content (AvgIpc) is 2.34. The molecule has 1 heterocycles. The number of aliphatic hydroxyl groups is 1. The Hall–Kier alpha value is -0.940. The quantitative estimate of drug-likeness (QED) is 0.595. The first-order valence-electron chi connectivity index (χ1n) is 3.48. The number of nitrogens with two attached hydrogens (primary N) is 1. The molecule has 62 valence electrons. The number of rotatable bonds is 3. The summed E-state index contributed by atoms with van der Waals surface area (Å²) in [6.45, 7) is 2.45. The van der Waals surface area contributed by atoms with Crippen LogP contribution in [0.2, 0.25) is 0 Å². The van der Waals surface area contributed by atoms with Gasteiger partial charge in [-0.15, -0.1) is 5.10 Å². The Morgan fingerprint density at radius 1 is 1.82 bits per heavy atom. The molecule has 3 N–H and O–H groups in total. The van der Waals surface area contributed by atoms with E-state index in [-0.39, 0.29) is 12.6 Å². The predicted octanol–water partition coefficient (Wildman–Crippen LogP) is -0.882. The van der Waals surface area contributed by atoms with Crippen molar-refractivity contribution in [1.82, 2.24) is 15.0 Å². The first-order chi connectivity index (χ1) is 5.22. The van der Waals surface area contributed by atoms with Crippen LogP contribution in [0.1, 0.15) is 12.6 Å². The number of aromatic nitrogens is 3. The average molecular weight is 156 g/mol. The second-order valence-corrected chi connectivity index (χ2v) is 2.57. The van der Waals surface area contributed by atoms with Crippen molar-refractivity contribution < 1.29 is 5.11 Å². The van der Waals surface area contributed by atoms with Crippen LogP contribution in [0.15, 0.2) is 6.20 Å². The summed E-state index contributed by atoms with van der Waals surface area (Å²) in [6.07, 6.45) is 1.68. The Balaban J connectivity index is 2.58. The maximum atomic E-state index is 8.64. The van der Waals surface area contributed by atoms with Gasteiger partial charge in [0.25, 0.3) is 0 Å². The van der Waals surface area contributed by atoms with E-state index in [1.807, 2.05) is 6.92 Å². The van der Waals surface area contributed by atoms with Crippen molar-refractivity contribution in [1.29, 1.82) is 0 Å². The molecule has 0 spiro atoms. The number of nitrogens with zero attached hydrogens (tertiary/aromatic N) is 3. The van der Waals surface area contributed by atoms with Gasteiger partial charge < -0.3 is 10.8 Å². The maximum Gasteiger partial charge on any atom is 0.108 e. The predicted molar refractivity (Wildman–Crippen MR) is 39.6 cm³/mol. The molecule has 5 heteroatoms. The Bertz CT molecular complexity index is 220. The molecule has 0 radical (unpaired) electrons. The Labute approximate surface area is 64.8 Å². The molecule has 11 heavy (non-hydrogen) atoms. The molecule has 1 atom stereocenters. The minimum absolute atomic E-state index is 0.0586. The van der Waals surface area contributed by atoms with E-state index in [2.05, 4.69) is 10.3 Å². The van der Waals surface area contributed by atoms with Crippen LogP contribution in [-0.2, 0) is 13.2 Å². The lowest BCUT2D eigenvalue weighted by atomic mass is 10.4. The zero-order valence-corrected chi connectivity index (χ0v) is 6.44. The van der Waals surface area contributed by atoms with Crippen molar-refractivity contribution in [2.75, 3.05) is 0 Å². The molecule has 1 aromatic heterocycles. The zero-order chi connectivity index (χ0) is 8.27. The molecular weight excluding hydrogens is 144 g/mol. The lowest BCUT2D eigenvalue weighted by Crippen LogP contribution is -2.22. The zero-order valence-electron chi connectivity index (χ0n) is 6.44. The highest BCUT2D eigenvalue weighted by Crippen LogP contribution is 1.92. The fourth-order valence-electron chi connectivity index (χ4n) is 0.795. The second kappa shape index (κ2) is 3.45. The van der Waals surface area contributed by atoms with Gasteiger partial charge >= 0.3 is 0 Å². The first kappa shape index (κ1) is 8.16. The smallest absolute Gasteiger partial charge is 0.108 e. The van der Waals surface area contributed by atoms with Gasteiger partial charge in [0.15, 0.2) is 0 Å². The van der Waals surface area contributed by atoms with Gasteiger partial charge in [0.05, 0.1) is 19.3 Å². The van der Waals surface area contributed by atoms with Crippen LogP contribution in [0, 0.1) is 0 Å². The van der Waals surface area contributed by atoms with E-state index in [1.54, 1.807) is 10.9 Å². The van der Waals surface area contributed by atoms with Crippen molar-refractivity contribution in [3.8, 4) is 0 Å². The van der Waals surface area contributed by atoms with Crippen LogP contribution in [0.5, 0.6) is 0 Å². The van der Waals surface area contributed by atoms with E-state index >= 15 is 0 Å². The van der Waals surface area contributed by atoms with Crippen molar-refractivity contribution in [3.05, 3.63) is 11.9 Å². The normalized spacial score (nSPS) is 13.4. The molecule has 0 saturated carbocycles. The molecule has 0 saturated heterocycles. The summed E-state index contributed by atoms with van der Waals surface area (Å²) >= 11 is 0. The van der Waals surface area contributed by atoms with Gasteiger partial charge in [0, 0.05) is 6.04 Å². The highest BCUT2D eigenvalue weighted by atomic mass is 16.3.